The van der Waals surface area contributed by atoms with Crippen LogP contribution in [0.3, 0.4) is 0 Å². The van der Waals surface area contributed by atoms with Crippen molar-refractivity contribution in [3.63, 3.8) is 0 Å². The molecule has 2 unspecified atom stereocenters. The quantitative estimate of drug-likeness (QED) is 0.684. The van der Waals surface area contributed by atoms with E-state index in [9.17, 15) is 17.6 Å². The zero-order valence-corrected chi connectivity index (χ0v) is 12.6. The molecule has 1 heterocycles. The highest BCUT2D eigenvalue weighted by molar-refractivity contribution is 5.50. The Morgan fingerprint density at radius 1 is 1.00 bits per heavy atom. The van der Waals surface area contributed by atoms with Gasteiger partial charge in [-0.05, 0) is 43.2 Å². The van der Waals surface area contributed by atoms with Crippen molar-refractivity contribution in [2.45, 2.75) is 31.5 Å². The molecule has 23 heavy (non-hydrogen) atoms. The van der Waals surface area contributed by atoms with Gasteiger partial charge in [0.25, 0.3) is 0 Å². The van der Waals surface area contributed by atoms with E-state index >= 15 is 0 Å². The lowest BCUT2D eigenvalue weighted by Crippen LogP contribution is -2.27. The van der Waals surface area contributed by atoms with Gasteiger partial charge in [0.1, 0.15) is 5.82 Å². The third-order valence-corrected chi connectivity index (χ3v) is 4.45. The van der Waals surface area contributed by atoms with Gasteiger partial charge in [0, 0.05) is 18.5 Å². The fraction of sp³-hybridized carbons (Fsp3) is 0.333. The van der Waals surface area contributed by atoms with Gasteiger partial charge in [-0.2, -0.15) is 13.2 Å². The van der Waals surface area contributed by atoms with Gasteiger partial charge in [-0.1, -0.05) is 24.3 Å². The summed E-state index contributed by atoms with van der Waals surface area (Å²) in [5, 5.41) is 0. The van der Waals surface area contributed by atoms with Crippen LogP contribution in [0, 0.1) is 5.82 Å². The zero-order valence-electron chi connectivity index (χ0n) is 12.6. The monoisotopic (exact) mass is 323 g/mol. The van der Waals surface area contributed by atoms with Crippen LogP contribution in [-0.2, 0) is 6.18 Å². The summed E-state index contributed by atoms with van der Waals surface area (Å²) in [5.74, 6) is -0.167. The highest BCUT2D eigenvalue weighted by Crippen LogP contribution is 2.37. The first-order chi connectivity index (χ1) is 10.9. The number of hydrogen-bond donors (Lipinski definition) is 0. The van der Waals surface area contributed by atoms with Gasteiger partial charge in [0.05, 0.1) is 11.3 Å². The molecule has 0 spiro atoms. The van der Waals surface area contributed by atoms with E-state index in [4.69, 9.17) is 0 Å². The molecule has 0 aromatic heterocycles. The fourth-order valence-corrected chi connectivity index (χ4v) is 3.24. The van der Waals surface area contributed by atoms with Gasteiger partial charge in [0.2, 0.25) is 0 Å². The average molecular weight is 323 g/mol. The lowest BCUT2D eigenvalue weighted by Gasteiger charge is -2.24. The van der Waals surface area contributed by atoms with Crippen LogP contribution in [0.5, 0.6) is 0 Å². The standard InChI is InChI=1S/C18H17F4N/c1-12-10-14(11-23(12)17-5-3-2-4-16(17)19)13-6-8-15(9-7-13)18(20,21)22/h2-9,12,14H,10-11H2,1H3. The Bertz CT molecular complexity index is 678. The van der Waals surface area contributed by atoms with Crippen LogP contribution in [0.15, 0.2) is 48.5 Å². The maximum absolute atomic E-state index is 14.0. The van der Waals surface area contributed by atoms with Crippen LogP contribution in [-0.4, -0.2) is 12.6 Å². The number of alkyl halides is 3. The minimum absolute atomic E-state index is 0.104. The van der Waals surface area contributed by atoms with Crippen molar-refractivity contribution in [1.29, 1.82) is 0 Å². The molecule has 0 radical (unpaired) electrons. The Balaban J connectivity index is 1.80. The number of para-hydroxylation sites is 1. The molecule has 0 saturated carbocycles. The summed E-state index contributed by atoms with van der Waals surface area (Å²) in [6, 6.07) is 12.0. The van der Waals surface area contributed by atoms with Crippen LogP contribution >= 0.6 is 0 Å². The van der Waals surface area contributed by atoms with Crippen molar-refractivity contribution in [3.05, 3.63) is 65.5 Å². The molecule has 1 saturated heterocycles. The van der Waals surface area contributed by atoms with E-state index in [-0.39, 0.29) is 17.8 Å². The lowest BCUT2D eigenvalue weighted by molar-refractivity contribution is -0.137. The van der Waals surface area contributed by atoms with Crippen molar-refractivity contribution in [1.82, 2.24) is 0 Å². The zero-order chi connectivity index (χ0) is 16.6. The predicted octanol–water partition coefficient (Wildman–Crippen LogP) is 5.23. The first kappa shape index (κ1) is 15.8. The summed E-state index contributed by atoms with van der Waals surface area (Å²) in [6.45, 7) is 2.62. The maximum atomic E-state index is 14.0. The van der Waals surface area contributed by atoms with Gasteiger partial charge in [0.15, 0.2) is 0 Å². The van der Waals surface area contributed by atoms with Gasteiger partial charge in [-0.15, -0.1) is 0 Å². The molecule has 0 bridgehead atoms. The summed E-state index contributed by atoms with van der Waals surface area (Å²) in [4.78, 5) is 1.98. The van der Waals surface area contributed by atoms with Crippen molar-refractivity contribution in [3.8, 4) is 0 Å². The van der Waals surface area contributed by atoms with Gasteiger partial charge >= 0.3 is 6.18 Å². The van der Waals surface area contributed by atoms with Crippen LogP contribution in [0.1, 0.15) is 30.4 Å². The third-order valence-electron chi connectivity index (χ3n) is 4.45. The predicted molar refractivity (Wildman–Crippen MR) is 82.0 cm³/mol. The van der Waals surface area contributed by atoms with Gasteiger partial charge < -0.3 is 4.90 Å². The number of nitrogens with zero attached hydrogens (tertiary/aromatic N) is 1. The summed E-state index contributed by atoms with van der Waals surface area (Å²) in [7, 11) is 0. The number of hydrogen-bond acceptors (Lipinski definition) is 1. The maximum Gasteiger partial charge on any atom is 0.416 e. The molecule has 2 aromatic rings. The first-order valence-electron chi connectivity index (χ1n) is 7.54. The molecular formula is C18H17F4N. The van der Waals surface area contributed by atoms with Crippen molar-refractivity contribution in [2.75, 3.05) is 11.4 Å². The van der Waals surface area contributed by atoms with Crippen LogP contribution in [0.2, 0.25) is 0 Å². The molecule has 5 heteroatoms. The van der Waals surface area contributed by atoms with E-state index < -0.39 is 11.7 Å². The second-order valence-electron chi connectivity index (χ2n) is 6.01. The lowest BCUT2D eigenvalue weighted by atomic mass is 9.96. The molecule has 1 aliphatic rings. The number of halogens is 4. The topological polar surface area (TPSA) is 3.24 Å². The van der Waals surface area contributed by atoms with Crippen molar-refractivity contribution < 1.29 is 17.6 Å². The van der Waals surface area contributed by atoms with Gasteiger partial charge in [-0.25, -0.2) is 4.39 Å². The van der Waals surface area contributed by atoms with Crippen LogP contribution < -0.4 is 4.90 Å². The Kier molecular flexibility index (Phi) is 4.04. The molecule has 2 atom stereocenters. The minimum atomic E-state index is -4.32. The third kappa shape index (κ3) is 3.19. The Hall–Kier alpha value is -2.04. The van der Waals surface area contributed by atoms with Crippen LogP contribution in [0.25, 0.3) is 0 Å². The summed E-state index contributed by atoms with van der Waals surface area (Å²) >= 11 is 0. The fourth-order valence-electron chi connectivity index (χ4n) is 3.24. The average Bonchev–Trinajstić information content (AvgIpc) is 2.89. The molecule has 0 N–H and O–H groups in total. The Morgan fingerprint density at radius 2 is 1.65 bits per heavy atom. The van der Waals surface area contributed by atoms with Crippen molar-refractivity contribution >= 4 is 5.69 Å². The van der Waals surface area contributed by atoms with E-state index in [1.807, 2.05) is 11.8 Å². The molecule has 2 aromatic carbocycles. The number of benzene rings is 2. The molecule has 0 amide bonds. The van der Waals surface area contributed by atoms with E-state index in [0.717, 1.165) is 24.1 Å². The molecule has 1 aliphatic heterocycles. The van der Waals surface area contributed by atoms with E-state index in [2.05, 4.69) is 0 Å². The Morgan fingerprint density at radius 3 is 2.26 bits per heavy atom. The van der Waals surface area contributed by atoms with E-state index in [1.54, 1.807) is 18.2 Å². The Labute approximate surface area is 132 Å². The SMILES string of the molecule is CC1CC(c2ccc(C(F)(F)F)cc2)CN1c1ccccc1F. The summed E-state index contributed by atoms with van der Waals surface area (Å²) < 4.78 is 51.9. The second kappa shape index (κ2) is 5.87. The highest BCUT2D eigenvalue weighted by atomic mass is 19.4. The largest absolute Gasteiger partial charge is 0.416 e. The number of anilines is 1. The van der Waals surface area contributed by atoms with E-state index in [0.29, 0.717) is 12.2 Å². The van der Waals surface area contributed by atoms with Crippen LogP contribution in [0.4, 0.5) is 23.2 Å². The van der Waals surface area contributed by atoms with Crippen molar-refractivity contribution in [2.24, 2.45) is 0 Å². The highest BCUT2D eigenvalue weighted by Gasteiger charge is 2.33. The molecular weight excluding hydrogens is 306 g/mol. The second-order valence-corrected chi connectivity index (χ2v) is 6.01. The molecule has 3 rings (SSSR count). The molecule has 122 valence electrons. The molecule has 1 fully saturated rings. The first-order valence-corrected chi connectivity index (χ1v) is 7.54. The van der Waals surface area contributed by atoms with E-state index in [1.165, 1.54) is 18.2 Å². The summed E-state index contributed by atoms with van der Waals surface area (Å²) in [5.41, 5.74) is 0.774. The number of rotatable bonds is 2. The minimum Gasteiger partial charge on any atom is -0.366 e. The smallest absolute Gasteiger partial charge is 0.366 e. The molecule has 0 aliphatic carbocycles. The van der Waals surface area contributed by atoms with Gasteiger partial charge in [-0.3, -0.25) is 0 Å². The summed E-state index contributed by atoms with van der Waals surface area (Å²) in [6.07, 6.45) is -3.53. The molecule has 1 nitrogen and oxygen atoms in total. The normalized spacial score (nSPS) is 21.7.